The molecule has 0 saturated carbocycles. The summed E-state index contributed by atoms with van der Waals surface area (Å²) in [6.45, 7) is 1.93. The molecule has 25 heavy (non-hydrogen) atoms. The summed E-state index contributed by atoms with van der Waals surface area (Å²) in [5.41, 5.74) is 2.69. The molecule has 2 aliphatic rings. The van der Waals surface area contributed by atoms with Crippen LogP contribution in [0.15, 0.2) is 17.1 Å². The molecular formula is C17H19N5O3. The van der Waals surface area contributed by atoms with Gasteiger partial charge in [-0.25, -0.2) is 9.97 Å². The van der Waals surface area contributed by atoms with Gasteiger partial charge in [-0.15, -0.1) is 0 Å². The second kappa shape index (κ2) is 6.64. The molecule has 2 aromatic rings. The first-order chi connectivity index (χ1) is 12.2. The lowest BCUT2D eigenvalue weighted by Gasteiger charge is -2.17. The van der Waals surface area contributed by atoms with E-state index in [1.54, 1.807) is 6.20 Å². The molecule has 0 aromatic carbocycles. The SMILES string of the molecule is O=C(NCc1nc2c(c(=O)[nH]1)COCC2)c1cnc2c(c1)CCCN2. The fourth-order valence-corrected chi connectivity index (χ4v) is 3.11. The molecule has 2 aliphatic heterocycles. The number of carbonyl (C=O) groups excluding carboxylic acids is 1. The predicted molar refractivity (Wildman–Crippen MR) is 90.4 cm³/mol. The summed E-state index contributed by atoms with van der Waals surface area (Å²) in [4.78, 5) is 35.9. The zero-order chi connectivity index (χ0) is 17.2. The molecule has 0 fully saturated rings. The zero-order valence-corrected chi connectivity index (χ0v) is 13.7. The molecule has 4 heterocycles. The average molecular weight is 341 g/mol. The smallest absolute Gasteiger partial charge is 0.256 e. The van der Waals surface area contributed by atoms with Crippen LogP contribution in [0, 0.1) is 0 Å². The number of amides is 1. The van der Waals surface area contributed by atoms with Crippen LogP contribution in [0.1, 0.15) is 39.4 Å². The van der Waals surface area contributed by atoms with Gasteiger partial charge in [-0.2, -0.15) is 0 Å². The van der Waals surface area contributed by atoms with E-state index in [9.17, 15) is 9.59 Å². The Morgan fingerprint density at radius 3 is 3.20 bits per heavy atom. The maximum absolute atomic E-state index is 12.4. The molecule has 8 nitrogen and oxygen atoms in total. The van der Waals surface area contributed by atoms with Gasteiger partial charge >= 0.3 is 0 Å². The standard InChI is InChI=1S/C17H19N5O3/c23-16(11-6-10-2-1-4-18-15(10)19-7-11)20-8-14-21-13-3-5-25-9-12(13)17(24)22-14/h6-7H,1-5,8-9H2,(H,18,19)(H,20,23)(H,21,22,24). The lowest BCUT2D eigenvalue weighted by atomic mass is 10.1. The Morgan fingerprint density at radius 2 is 2.28 bits per heavy atom. The van der Waals surface area contributed by atoms with E-state index in [0.717, 1.165) is 36.5 Å². The molecule has 0 radical (unpaired) electrons. The minimum Gasteiger partial charge on any atom is -0.376 e. The van der Waals surface area contributed by atoms with Crippen LogP contribution in [0.3, 0.4) is 0 Å². The van der Waals surface area contributed by atoms with Crippen molar-refractivity contribution in [3.8, 4) is 0 Å². The molecule has 4 rings (SSSR count). The van der Waals surface area contributed by atoms with Gasteiger partial charge in [0.25, 0.3) is 11.5 Å². The number of nitrogens with zero attached hydrogens (tertiary/aromatic N) is 2. The topological polar surface area (TPSA) is 109 Å². The van der Waals surface area contributed by atoms with Crippen molar-refractivity contribution in [2.24, 2.45) is 0 Å². The monoisotopic (exact) mass is 341 g/mol. The number of aryl methyl sites for hydroxylation is 1. The van der Waals surface area contributed by atoms with Crippen molar-refractivity contribution in [2.75, 3.05) is 18.5 Å². The third kappa shape index (κ3) is 3.25. The first kappa shape index (κ1) is 15.8. The first-order valence-corrected chi connectivity index (χ1v) is 8.40. The van der Waals surface area contributed by atoms with E-state index in [4.69, 9.17) is 4.74 Å². The van der Waals surface area contributed by atoms with Gasteiger partial charge in [-0.1, -0.05) is 0 Å². The van der Waals surface area contributed by atoms with Crippen molar-refractivity contribution in [1.29, 1.82) is 0 Å². The highest BCUT2D eigenvalue weighted by molar-refractivity contribution is 5.94. The van der Waals surface area contributed by atoms with Gasteiger partial charge in [0.2, 0.25) is 0 Å². The van der Waals surface area contributed by atoms with Crippen LogP contribution >= 0.6 is 0 Å². The summed E-state index contributed by atoms with van der Waals surface area (Å²) < 4.78 is 5.28. The number of carbonyl (C=O) groups is 1. The highest BCUT2D eigenvalue weighted by atomic mass is 16.5. The maximum Gasteiger partial charge on any atom is 0.256 e. The highest BCUT2D eigenvalue weighted by Crippen LogP contribution is 2.20. The van der Waals surface area contributed by atoms with E-state index in [2.05, 4.69) is 25.6 Å². The van der Waals surface area contributed by atoms with E-state index in [1.165, 1.54) is 0 Å². The molecule has 0 spiro atoms. The minimum absolute atomic E-state index is 0.164. The molecule has 0 atom stereocenters. The lowest BCUT2D eigenvalue weighted by Crippen LogP contribution is -2.29. The van der Waals surface area contributed by atoms with Gasteiger partial charge in [0.05, 0.1) is 36.6 Å². The predicted octanol–water partition coefficient (Wildman–Crippen LogP) is 0.526. The summed E-state index contributed by atoms with van der Waals surface area (Å²) in [7, 11) is 0. The number of ether oxygens (including phenoxy) is 1. The van der Waals surface area contributed by atoms with E-state index < -0.39 is 0 Å². The third-order valence-corrected chi connectivity index (χ3v) is 4.44. The number of rotatable bonds is 3. The van der Waals surface area contributed by atoms with Gasteiger partial charge in [0.15, 0.2) is 0 Å². The largest absolute Gasteiger partial charge is 0.376 e. The number of nitrogens with one attached hydrogen (secondary N) is 3. The van der Waals surface area contributed by atoms with Crippen LogP contribution in [0.4, 0.5) is 5.82 Å². The number of fused-ring (bicyclic) bond motifs is 2. The van der Waals surface area contributed by atoms with Crippen molar-refractivity contribution in [3.05, 3.63) is 50.8 Å². The number of hydrogen-bond acceptors (Lipinski definition) is 6. The van der Waals surface area contributed by atoms with Crippen LogP contribution in [0.5, 0.6) is 0 Å². The van der Waals surface area contributed by atoms with Crippen LogP contribution in [-0.4, -0.2) is 34.0 Å². The maximum atomic E-state index is 12.4. The molecule has 3 N–H and O–H groups in total. The lowest BCUT2D eigenvalue weighted by molar-refractivity contribution is 0.0948. The van der Waals surface area contributed by atoms with E-state index in [0.29, 0.717) is 36.6 Å². The Kier molecular flexibility index (Phi) is 4.19. The Hall–Kier alpha value is -2.74. The fourth-order valence-electron chi connectivity index (χ4n) is 3.11. The summed E-state index contributed by atoms with van der Waals surface area (Å²) in [5, 5.41) is 6.01. The second-order valence-electron chi connectivity index (χ2n) is 6.19. The number of hydrogen-bond donors (Lipinski definition) is 3. The summed E-state index contributed by atoms with van der Waals surface area (Å²) in [6.07, 6.45) is 4.12. The van der Waals surface area contributed by atoms with Crippen molar-refractivity contribution >= 4 is 11.7 Å². The molecule has 130 valence electrons. The minimum atomic E-state index is -0.232. The summed E-state index contributed by atoms with van der Waals surface area (Å²) in [5.74, 6) is 1.07. The molecule has 8 heteroatoms. The van der Waals surface area contributed by atoms with E-state index in [-0.39, 0.29) is 18.0 Å². The molecule has 2 aromatic heterocycles. The van der Waals surface area contributed by atoms with Crippen molar-refractivity contribution in [3.63, 3.8) is 0 Å². The summed E-state index contributed by atoms with van der Waals surface area (Å²) in [6, 6.07) is 1.87. The van der Waals surface area contributed by atoms with Crippen molar-refractivity contribution < 1.29 is 9.53 Å². The Labute approximate surface area is 144 Å². The van der Waals surface area contributed by atoms with Gasteiger partial charge in [0.1, 0.15) is 11.6 Å². The van der Waals surface area contributed by atoms with Gasteiger partial charge in [-0.05, 0) is 24.5 Å². The number of anilines is 1. The number of aromatic nitrogens is 3. The Morgan fingerprint density at radius 1 is 1.36 bits per heavy atom. The Balaban J connectivity index is 1.47. The van der Waals surface area contributed by atoms with Crippen LogP contribution in [0.2, 0.25) is 0 Å². The quantitative estimate of drug-likeness (QED) is 0.751. The van der Waals surface area contributed by atoms with Crippen molar-refractivity contribution in [1.82, 2.24) is 20.3 Å². The molecule has 0 bridgehead atoms. The van der Waals surface area contributed by atoms with Crippen LogP contribution in [-0.2, 0) is 30.7 Å². The van der Waals surface area contributed by atoms with E-state index in [1.807, 2.05) is 6.07 Å². The van der Waals surface area contributed by atoms with Gasteiger partial charge in [-0.3, -0.25) is 9.59 Å². The zero-order valence-electron chi connectivity index (χ0n) is 13.7. The molecular weight excluding hydrogens is 322 g/mol. The molecule has 0 aliphatic carbocycles. The second-order valence-corrected chi connectivity index (χ2v) is 6.19. The Bertz CT molecular complexity index is 877. The van der Waals surface area contributed by atoms with E-state index >= 15 is 0 Å². The average Bonchev–Trinajstić information content (AvgIpc) is 2.66. The number of pyridine rings is 1. The van der Waals surface area contributed by atoms with Crippen LogP contribution in [0.25, 0.3) is 0 Å². The normalized spacial score (nSPS) is 15.7. The highest BCUT2D eigenvalue weighted by Gasteiger charge is 2.17. The van der Waals surface area contributed by atoms with Gasteiger partial charge < -0.3 is 20.4 Å². The molecule has 0 saturated heterocycles. The first-order valence-electron chi connectivity index (χ1n) is 8.40. The van der Waals surface area contributed by atoms with Gasteiger partial charge in [0, 0.05) is 19.2 Å². The third-order valence-electron chi connectivity index (χ3n) is 4.44. The number of aromatic amines is 1. The number of H-pyrrole nitrogens is 1. The van der Waals surface area contributed by atoms with Crippen LogP contribution < -0.4 is 16.2 Å². The molecule has 1 amide bonds. The molecule has 0 unspecified atom stereocenters. The van der Waals surface area contributed by atoms with Crippen molar-refractivity contribution in [2.45, 2.75) is 32.4 Å². The fraction of sp³-hybridized carbons (Fsp3) is 0.412. The summed E-state index contributed by atoms with van der Waals surface area (Å²) >= 11 is 0.